The van der Waals surface area contributed by atoms with Crippen molar-refractivity contribution in [3.05, 3.63) is 105 Å². The fraction of sp³-hybridized carbons (Fsp3) is 0.217. The second-order valence-corrected chi connectivity index (χ2v) is 6.43. The average Bonchev–Trinajstić information content (AvgIpc) is 2.66. The van der Waals surface area contributed by atoms with Gasteiger partial charge in [-0.25, -0.2) is 4.79 Å². The highest BCUT2D eigenvalue weighted by Crippen LogP contribution is 2.17. The predicted octanol–water partition coefficient (Wildman–Crippen LogP) is 3.97. The molecule has 2 aromatic carbocycles. The lowest BCUT2D eigenvalue weighted by Gasteiger charge is -2.20. The molecule has 3 rings (SSSR count). The molecule has 0 aliphatic carbocycles. The summed E-state index contributed by atoms with van der Waals surface area (Å²) in [5.41, 5.74) is 3.49. The highest BCUT2D eigenvalue weighted by Gasteiger charge is 2.21. The second-order valence-electron chi connectivity index (χ2n) is 6.43. The van der Waals surface area contributed by atoms with E-state index in [0.717, 1.165) is 16.8 Å². The quantitative estimate of drug-likeness (QED) is 0.624. The zero-order valence-electron chi connectivity index (χ0n) is 15.6. The molecule has 0 aliphatic heterocycles. The molecule has 138 valence electrons. The van der Waals surface area contributed by atoms with E-state index in [2.05, 4.69) is 0 Å². The largest absolute Gasteiger partial charge is 0.462 e. The fourth-order valence-electron chi connectivity index (χ4n) is 3.21. The number of rotatable bonds is 6. The molecule has 0 saturated heterocycles. The molecule has 4 nitrogen and oxygen atoms in total. The highest BCUT2D eigenvalue weighted by molar-refractivity contribution is 5.90. The molecule has 1 heterocycles. The van der Waals surface area contributed by atoms with Gasteiger partial charge in [-0.2, -0.15) is 0 Å². The van der Waals surface area contributed by atoms with E-state index in [0.29, 0.717) is 18.7 Å². The first-order valence-corrected chi connectivity index (χ1v) is 9.08. The Kier molecular flexibility index (Phi) is 5.87. The van der Waals surface area contributed by atoms with Crippen LogP contribution in [0.15, 0.2) is 71.5 Å². The van der Waals surface area contributed by atoms with E-state index in [4.69, 9.17) is 4.74 Å². The van der Waals surface area contributed by atoms with Crippen molar-refractivity contribution in [1.29, 1.82) is 0 Å². The molecule has 3 aromatic rings. The van der Waals surface area contributed by atoms with Gasteiger partial charge in [0, 0.05) is 30.4 Å². The first-order chi connectivity index (χ1) is 13.1. The van der Waals surface area contributed by atoms with Gasteiger partial charge in [0.2, 0.25) is 0 Å². The summed E-state index contributed by atoms with van der Waals surface area (Å²) in [7, 11) is 0. The van der Waals surface area contributed by atoms with Gasteiger partial charge < -0.3 is 9.30 Å². The fourth-order valence-corrected chi connectivity index (χ4v) is 3.21. The Morgan fingerprint density at radius 1 is 0.963 bits per heavy atom. The summed E-state index contributed by atoms with van der Waals surface area (Å²) in [4.78, 5) is 25.2. The number of hydrogen-bond acceptors (Lipinski definition) is 3. The zero-order valence-corrected chi connectivity index (χ0v) is 15.6. The van der Waals surface area contributed by atoms with Gasteiger partial charge in [-0.15, -0.1) is 0 Å². The number of hydrogen-bond donors (Lipinski definition) is 0. The Bertz CT molecular complexity index is 976. The summed E-state index contributed by atoms with van der Waals surface area (Å²) in [6.45, 7) is 4.45. The molecule has 0 amide bonds. The third-order valence-corrected chi connectivity index (χ3v) is 4.50. The average molecular weight is 361 g/mol. The van der Waals surface area contributed by atoms with Crippen LogP contribution in [0.25, 0.3) is 0 Å². The van der Waals surface area contributed by atoms with Gasteiger partial charge in [0.1, 0.15) is 5.56 Å². The summed E-state index contributed by atoms with van der Waals surface area (Å²) >= 11 is 0. The standard InChI is InChI=1S/C23H23NO3/c1-3-27-23(26)22-20(15-18-10-6-4-7-11-18)24(17(2)14-21(22)25)16-19-12-8-5-9-13-19/h4-14H,3,15-16H2,1-2H3. The van der Waals surface area contributed by atoms with Crippen LogP contribution < -0.4 is 5.43 Å². The maximum absolute atomic E-state index is 12.7. The lowest BCUT2D eigenvalue weighted by atomic mass is 10.0. The summed E-state index contributed by atoms with van der Waals surface area (Å²) in [5.74, 6) is -0.560. The van der Waals surface area contributed by atoms with E-state index < -0.39 is 5.97 Å². The molecule has 27 heavy (non-hydrogen) atoms. The molecular formula is C23H23NO3. The SMILES string of the molecule is CCOC(=O)c1c(Cc2ccccc2)n(Cc2ccccc2)c(C)cc1=O. The molecule has 0 atom stereocenters. The van der Waals surface area contributed by atoms with E-state index in [1.54, 1.807) is 6.92 Å². The number of aromatic nitrogens is 1. The molecule has 0 N–H and O–H groups in total. The van der Waals surface area contributed by atoms with Gasteiger partial charge in [-0.05, 0) is 25.0 Å². The van der Waals surface area contributed by atoms with Crippen LogP contribution in [0.2, 0.25) is 0 Å². The van der Waals surface area contributed by atoms with Crippen LogP contribution >= 0.6 is 0 Å². The van der Waals surface area contributed by atoms with E-state index in [1.807, 2.05) is 72.2 Å². The minimum Gasteiger partial charge on any atom is -0.462 e. The van der Waals surface area contributed by atoms with Crippen LogP contribution in [0, 0.1) is 6.92 Å². The van der Waals surface area contributed by atoms with E-state index >= 15 is 0 Å². The van der Waals surface area contributed by atoms with Crippen molar-refractivity contribution in [2.24, 2.45) is 0 Å². The Hall–Kier alpha value is -3.14. The smallest absolute Gasteiger partial charge is 0.343 e. The molecule has 0 spiro atoms. The number of ether oxygens (including phenoxy) is 1. The predicted molar refractivity (Wildman–Crippen MR) is 106 cm³/mol. The lowest BCUT2D eigenvalue weighted by molar-refractivity contribution is 0.0522. The van der Waals surface area contributed by atoms with Gasteiger partial charge in [0.15, 0.2) is 5.43 Å². The van der Waals surface area contributed by atoms with Crippen molar-refractivity contribution < 1.29 is 9.53 Å². The van der Waals surface area contributed by atoms with Gasteiger partial charge in [0.25, 0.3) is 0 Å². The van der Waals surface area contributed by atoms with E-state index in [1.165, 1.54) is 6.07 Å². The minimum absolute atomic E-state index is 0.127. The monoisotopic (exact) mass is 361 g/mol. The van der Waals surface area contributed by atoms with Crippen molar-refractivity contribution in [1.82, 2.24) is 4.57 Å². The molecule has 4 heteroatoms. The number of nitrogens with zero attached hydrogens (tertiary/aromatic N) is 1. The van der Waals surface area contributed by atoms with Crippen LogP contribution in [0.1, 0.15) is 39.8 Å². The molecule has 1 aromatic heterocycles. The van der Waals surface area contributed by atoms with Crippen molar-refractivity contribution in [2.45, 2.75) is 26.8 Å². The molecule has 0 saturated carbocycles. The maximum atomic E-state index is 12.7. The first-order valence-electron chi connectivity index (χ1n) is 9.08. The zero-order chi connectivity index (χ0) is 19.2. The van der Waals surface area contributed by atoms with Gasteiger partial charge in [-0.1, -0.05) is 60.7 Å². The second kappa shape index (κ2) is 8.49. The van der Waals surface area contributed by atoms with Crippen LogP contribution in [0.3, 0.4) is 0 Å². The summed E-state index contributed by atoms with van der Waals surface area (Å²) in [6, 6.07) is 21.4. The Morgan fingerprint density at radius 3 is 2.15 bits per heavy atom. The Morgan fingerprint density at radius 2 is 1.56 bits per heavy atom. The van der Waals surface area contributed by atoms with Crippen LogP contribution in [0.5, 0.6) is 0 Å². The lowest BCUT2D eigenvalue weighted by Crippen LogP contribution is -2.26. The number of aryl methyl sites for hydroxylation is 1. The molecule has 0 aliphatic rings. The highest BCUT2D eigenvalue weighted by atomic mass is 16.5. The summed E-state index contributed by atoms with van der Waals surface area (Å²) in [6.07, 6.45) is 0.485. The van der Waals surface area contributed by atoms with Crippen molar-refractivity contribution in [2.75, 3.05) is 6.61 Å². The third-order valence-electron chi connectivity index (χ3n) is 4.50. The Labute approximate surface area is 159 Å². The van der Waals surface area contributed by atoms with Gasteiger partial charge in [0.05, 0.1) is 6.61 Å². The Balaban J connectivity index is 2.16. The minimum atomic E-state index is -0.560. The number of pyridine rings is 1. The topological polar surface area (TPSA) is 48.3 Å². The van der Waals surface area contributed by atoms with Crippen molar-refractivity contribution in [3.63, 3.8) is 0 Å². The van der Waals surface area contributed by atoms with E-state index in [9.17, 15) is 9.59 Å². The van der Waals surface area contributed by atoms with Crippen molar-refractivity contribution in [3.8, 4) is 0 Å². The van der Waals surface area contributed by atoms with Crippen molar-refractivity contribution >= 4 is 5.97 Å². The van der Waals surface area contributed by atoms with Gasteiger partial charge in [-0.3, -0.25) is 4.79 Å². The molecule has 0 bridgehead atoms. The van der Waals surface area contributed by atoms with E-state index in [-0.39, 0.29) is 17.6 Å². The summed E-state index contributed by atoms with van der Waals surface area (Å²) < 4.78 is 7.22. The van der Waals surface area contributed by atoms with Gasteiger partial charge >= 0.3 is 5.97 Å². The third kappa shape index (κ3) is 4.34. The normalized spacial score (nSPS) is 10.6. The number of carbonyl (C=O) groups excluding carboxylic acids is 1. The molecule has 0 unspecified atom stereocenters. The number of carbonyl (C=O) groups is 1. The van der Waals surface area contributed by atoms with Crippen LogP contribution in [-0.4, -0.2) is 17.1 Å². The summed E-state index contributed by atoms with van der Waals surface area (Å²) in [5, 5.41) is 0. The first kappa shape index (κ1) is 18.6. The molecule has 0 radical (unpaired) electrons. The van der Waals surface area contributed by atoms with Crippen LogP contribution in [0.4, 0.5) is 0 Å². The maximum Gasteiger partial charge on any atom is 0.343 e. The number of esters is 1. The van der Waals surface area contributed by atoms with Crippen LogP contribution in [-0.2, 0) is 17.7 Å². The number of benzene rings is 2. The molecule has 0 fully saturated rings. The molecular weight excluding hydrogens is 338 g/mol.